The third kappa shape index (κ3) is 2.04. The van der Waals surface area contributed by atoms with Crippen LogP contribution in [0, 0.1) is 5.82 Å². The smallest absolute Gasteiger partial charge is 0.230 e. The van der Waals surface area contributed by atoms with Crippen molar-refractivity contribution in [1.29, 1.82) is 0 Å². The normalized spacial score (nSPS) is 22.5. The first kappa shape index (κ1) is 12.3. The second kappa shape index (κ2) is 4.74. The van der Waals surface area contributed by atoms with E-state index in [2.05, 4.69) is 0 Å². The molecule has 1 unspecified atom stereocenters. The van der Waals surface area contributed by atoms with Gasteiger partial charge in [-0.15, -0.1) is 0 Å². The van der Waals surface area contributed by atoms with Crippen molar-refractivity contribution in [3.05, 3.63) is 35.1 Å². The van der Waals surface area contributed by atoms with E-state index in [1.807, 2.05) is 0 Å². The molecule has 1 fully saturated rings. The molecule has 0 N–H and O–H groups in total. The number of amides is 1. The lowest BCUT2D eigenvalue weighted by Crippen LogP contribution is -2.42. The van der Waals surface area contributed by atoms with Crippen molar-refractivity contribution in [1.82, 2.24) is 4.90 Å². The summed E-state index contributed by atoms with van der Waals surface area (Å²) in [6, 6.07) is 4.40. The molecule has 3 rings (SSSR count). The maximum atomic E-state index is 13.9. The molecule has 0 aromatic heterocycles. The van der Waals surface area contributed by atoms with Crippen molar-refractivity contribution in [3.63, 3.8) is 0 Å². The minimum absolute atomic E-state index is 0.0759. The quantitative estimate of drug-likeness (QED) is 0.768. The number of hydrogen-bond acceptors (Lipinski definition) is 3. The molecule has 0 bridgehead atoms. The van der Waals surface area contributed by atoms with Gasteiger partial charge in [-0.3, -0.25) is 9.59 Å². The number of benzene rings is 1. The molecule has 0 saturated carbocycles. The first-order chi connectivity index (χ1) is 9.18. The predicted molar refractivity (Wildman–Crippen MR) is 65.5 cm³/mol. The summed E-state index contributed by atoms with van der Waals surface area (Å²) < 4.78 is 19.1. The number of carbonyl (C=O) groups is 2. The fraction of sp³-hybridized carbons (Fsp3) is 0.429. The van der Waals surface area contributed by atoms with Crippen LogP contribution in [0.25, 0.3) is 0 Å². The van der Waals surface area contributed by atoms with E-state index in [-0.39, 0.29) is 23.7 Å². The molecule has 0 spiro atoms. The Kier molecular flexibility index (Phi) is 3.06. The molecule has 1 aromatic rings. The highest BCUT2D eigenvalue weighted by molar-refractivity contribution is 6.06. The van der Waals surface area contributed by atoms with Crippen LogP contribution in [0.5, 0.6) is 0 Å². The Hall–Kier alpha value is -1.75. The summed E-state index contributed by atoms with van der Waals surface area (Å²) in [5.74, 6) is -1.45. The highest BCUT2D eigenvalue weighted by Gasteiger charge is 2.38. The Balaban J connectivity index is 1.91. The molecule has 1 amide bonds. The van der Waals surface area contributed by atoms with Crippen molar-refractivity contribution in [2.24, 2.45) is 0 Å². The summed E-state index contributed by atoms with van der Waals surface area (Å²) in [6.07, 6.45) is 0.0759. The lowest BCUT2D eigenvalue weighted by Gasteiger charge is -2.29. The number of fused-ring (bicyclic) bond motifs is 1. The molecule has 4 nitrogen and oxygen atoms in total. The number of ketones is 1. The largest absolute Gasteiger partial charge is 0.378 e. The SMILES string of the molecule is O=C1CC(C(=O)N2CCOCC2)c2c(F)cccc21. The van der Waals surface area contributed by atoms with Gasteiger partial charge >= 0.3 is 0 Å². The van der Waals surface area contributed by atoms with E-state index in [9.17, 15) is 14.0 Å². The van der Waals surface area contributed by atoms with Crippen molar-refractivity contribution < 1.29 is 18.7 Å². The second-order valence-electron chi connectivity index (χ2n) is 4.82. The van der Waals surface area contributed by atoms with Crippen LogP contribution < -0.4 is 0 Å². The van der Waals surface area contributed by atoms with Crippen molar-refractivity contribution in [3.8, 4) is 0 Å². The maximum absolute atomic E-state index is 13.9. The number of halogens is 1. The number of ether oxygens (including phenoxy) is 1. The molecular formula is C14H14FNO3. The van der Waals surface area contributed by atoms with Gasteiger partial charge in [-0.25, -0.2) is 4.39 Å². The summed E-state index contributed by atoms with van der Waals surface area (Å²) in [5.41, 5.74) is 0.621. The summed E-state index contributed by atoms with van der Waals surface area (Å²) in [7, 11) is 0. The van der Waals surface area contributed by atoms with Crippen LogP contribution in [-0.2, 0) is 9.53 Å². The molecule has 1 heterocycles. The van der Waals surface area contributed by atoms with Crippen molar-refractivity contribution >= 4 is 11.7 Å². The van der Waals surface area contributed by atoms with E-state index in [1.54, 1.807) is 11.0 Å². The molecule has 1 saturated heterocycles. The summed E-state index contributed by atoms with van der Waals surface area (Å²) in [4.78, 5) is 25.9. The zero-order chi connectivity index (χ0) is 13.4. The Morgan fingerprint density at radius 2 is 2.05 bits per heavy atom. The van der Waals surface area contributed by atoms with E-state index >= 15 is 0 Å². The monoisotopic (exact) mass is 263 g/mol. The molecule has 2 aliphatic rings. The Morgan fingerprint density at radius 1 is 1.32 bits per heavy atom. The maximum Gasteiger partial charge on any atom is 0.230 e. The van der Waals surface area contributed by atoms with Gasteiger partial charge in [0.1, 0.15) is 5.82 Å². The molecule has 19 heavy (non-hydrogen) atoms. The minimum atomic E-state index is -0.665. The van der Waals surface area contributed by atoms with E-state index in [0.29, 0.717) is 31.9 Å². The topological polar surface area (TPSA) is 46.6 Å². The van der Waals surface area contributed by atoms with Crippen LogP contribution >= 0.6 is 0 Å². The Labute approximate surface area is 110 Å². The second-order valence-corrected chi connectivity index (χ2v) is 4.82. The van der Waals surface area contributed by atoms with Gasteiger partial charge in [0.25, 0.3) is 0 Å². The molecule has 1 aliphatic carbocycles. The molecule has 0 radical (unpaired) electrons. The van der Waals surface area contributed by atoms with Crippen molar-refractivity contribution in [2.45, 2.75) is 12.3 Å². The number of nitrogens with zero attached hydrogens (tertiary/aromatic N) is 1. The van der Waals surface area contributed by atoms with Gasteiger partial charge in [-0.2, -0.15) is 0 Å². The average Bonchev–Trinajstić information content (AvgIpc) is 2.78. The highest BCUT2D eigenvalue weighted by atomic mass is 19.1. The van der Waals surface area contributed by atoms with Gasteiger partial charge in [0.05, 0.1) is 19.1 Å². The van der Waals surface area contributed by atoms with Crippen LogP contribution in [0.4, 0.5) is 4.39 Å². The van der Waals surface area contributed by atoms with E-state index in [4.69, 9.17) is 4.74 Å². The molecule has 100 valence electrons. The van der Waals surface area contributed by atoms with E-state index < -0.39 is 11.7 Å². The number of rotatable bonds is 1. The van der Waals surface area contributed by atoms with Crippen LogP contribution in [0.2, 0.25) is 0 Å². The number of carbonyl (C=O) groups excluding carboxylic acids is 2. The number of hydrogen-bond donors (Lipinski definition) is 0. The lowest BCUT2D eigenvalue weighted by atomic mass is 9.99. The first-order valence-electron chi connectivity index (χ1n) is 6.36. The molecule has 1 aromatic carbocycles. The first-order valence-corrected chi connectivity index (χ1v) is 6.36. The summed E-state index contributed by atoms with van der Waals surface area (Å²) in [6.45, 7) is 2.01. The van der Waals surface area contributed by atoms with Crippen molar-refractivity contribution in [2.75, 3.05) is 26.3 Å². The summed E-state index contributed by atoms with van der Waals surface area (Å²) in [5, 5.41) is 0. The lowest BCUT2D eigenvalue weighted by molar-refractivity contribution is -0.136. The van der Waals surface area contributed by atoms with E-state index in [0.717, 1.165) is 0 Å². The molecule has 1 atom stereocenters. The van der Waals surface area contributed by atoms with Gasteiger partial charge in [0.15, 0.2) is 5.78 Å². The van der Waals surface area contributed by atoms with Gasteiger partial charge in [-0.05, 0) is 6.07 Å². The molecule has 5 heteroatoms. The number of Topliss-reactive ketones (excluding diaryl/α,β-unsaturated/α-hetero) is 1. The van der Waals surface area contributed by atoms with Crippen LogP contribution in [0.1, 0.15) is 28.3 Å². The fourth-order valence-electron chi connectivity index (χ4n) is 2.75. The fourth-order valence-corrected chi connectivity index (χ4v) is 2.75. The zero-order valence-electron chi connectivity index (χ0n) is 10.4. The Bertz CT molecular complexity index is 537. The van der Waals surface area contributed by atoms with Crippen LogP contribution in [0.15, 0.2) is 18.2 Å². The standard InChI is InChI=1S/C14H14FNO3/c15-11-3-1-2-9-12(17)8-10(13(9)11)14(18)16-4-6-19-7-5-16/h1-3,10H,4-8H2. The average molecular weight is 263 g/mol. The summed E-state index contributed by atoms with van der Waals surface area (Å²) >= 11 is 0. The predicted octanol–water partition coefficient (Wildman–Crippen LogP) is 1.35. The third-order valence-corrected chi connectivity index (χ3v) is 3.71. The third-order valence-electron chi connectivity index (χ3n) is 3.71. The van der Waals surface area contributed by atoms with Crippen LogP contribution in [-0.4, -0.2) is 42.9 Å². The van der Waals surface area contributed by atoms with Gasteiger partial charge < -0.3 is 9.64 Å². The van der Waals surface area contributed by atoms with E-state index in [1.165, 1.54) is 12.1 Å². The minimum Gasteiger partial charge on any atom is -0.378 e. The number of morpholine rings is 1. The molecular weight excluding hydrogens is 249 g/mol. The molecule has 1 aliphatic heterocycles. The van der Waals surface area contributed by atoms with Gasteiger partial charge in [0, 0.05) is 30.6 Å². The van der Waals surface area contributed by atoms with Crippen LogP contribution in [0.3, 0.4) is 0 Å². The van der Waals surface area contributed by atoms with Gasteiger partial charge in [-0.1, -0.05) is 12.1 Å². The van der Waals surface area contributed by atoms with Gasteiger partial charge in [0.2, 0.25) is 5.91 Å². The zero-order valence-corrected chi connectivity index (χ0v) is 10.4. The highest BCUT2D eigenvalue weighted by Crippen LogP contribution is 2.36. The Morgan fingerprint density at radius 3 is 2.79 bits per heavy atom.